The molecule has 30 heavy (non-hydrogen) atoms. The molecule has 0 saturated heterocycles. The summed E-state index contributed by atoms with van der Waals surface area (Å²) in [5, 5.41) is 5.81. The molecule has 2 amide bonds. The maximum atomic E-state index is 12.5. The second-order valence-corrected chi connectivity index (χ2v) is 7.05. The van der Waals surface area contributed by atoms with E-state index < -0.39 is 6.10 Å². The summed E-state index contributed by atoms with van der Waals surface area (Å²) in [7, 11) is 0. The number of aryl methyl sites for hydroxylation is 2. The van der Waals surface area contributed by atoms with Crippen LogP contribution < -0.4 is 15.4 Å². The Morgan fingerprint density at radius 2 is 1.50 bits per heavy atom. The van der Waals surface area contributed by atoms with Gasteiger partial charge in [0.25, 0.3) is 11.8 Å². The molecule has 5 nitrogen and oxygen atoms in total. The molecule has 3 aromatic rings. The number of hydrogen-bond acceptors (Lipinski definition) is 3. The van der Waals surface area contributed by atoms with Crippen molar-refractivity contribution in [1.29, 1.82) is 0 Å². The number of rotatable bonds is 7. The second-order valence-electron chi connectivity index (χ2n) is 7.05. The smallest absolute Gasteiger partial charge is 0.265 e. The van der Waals surface area contributed by atoms with Crippen LogP contribution in [0.3, 0.4) is 0 Å². The summed E-state index contributed by atoms with van der Waals surface area (Å²) in [6.07, 6.45) is 0.159. The van der Waals surface area contributed by atoms with Gasteiger partial charge in [0.2, 0.25) is 0 Å². The Labute approximate surface area is 177 Å². The Balaban J connectivity index is 1.60. The zero-order valence-corrected chi connectivity index (χ0v) is 17.4. The normalized spacial score (nSPS) is 11.4. The molecule has 3 aromatic carbocycles. The zero-order chi connectivity index (χ0) is 21.5. The number of carbonyl (C=O) groups is 2. The molecule has 3 rings (SSSR count). The third-order valence-corrected chi connectivity index (χ3v) is 4.85. The minimum absolute atomic E-state index is 0.187. The number of benzene rings is 3. The van der Waals surface area contributed by atoms with Crippen LogP contribution in [0.4, 0.5) is 11.4 Å². The topological polar surface area (TPSA) is 67.4 Å². The van der Waals surface area contributed by atoms with Crippen molar-refractivity contribution in [2.24, 2.45) is 0 Å². The third-order valence-electron chi connectivity index (χ3n) is 4.85. The van der Waals surface area contributed by atoms with E-state index in [0.29, 0.717) is 11.3 Å². The standard InChI is InChI=1S/C25H26N2O3/c1-4-19-10-6-8-12-23(19)27-25(29)20-13-15-21(16-14-20)30-18(3)24(28)26-22-11-7-5-9-17(22)2/h5-16,18H,4H2,1-3H3,(H,26,28)(H,27,29). The van der Waals surface area contributed by atoms with Crippen LogP contribution in [0.15, 0.2) is 72.8 Å². The van der Waals surface area contributed by atoms with Gasteiger partial charge in [0, 0.05) is 16.9 Å². The minimum atomic E-state index is -0.680. The van der Waals surface area contributed by atoms with Gasteiger partial charge in [-0.3, -0.25) is 9.59 Å². The molecule has 0 fully saturated rings. The summed E-state index contributed by atoms with van der Waals surface area (Å²) in [6, 6.07) is 22.1. The molecule has 0 heterocycles. The lowest BCUT2D eigenvalue weighted by Crippen LogP contribution is -2.30. The Morgan fingerprint density at radius 1 is 0.867 bits per heavy atom. The summed E-state index contributed by atoms with van der Waals surface area (Å²) < 4.78 is 5.73. The van der Waals surface area contributed by atoms with Crippen molar-refractivity contribution >= 4 is 23.2 Å². The van der Waals surface area contributed by atoms with Crippen molar-refractivity contribution in [3.63, 3.8) is 0 Å². The fourth-order valence-electron chi connectivity index (χ4n) is 3.04. The summed E-state index contributed by atoms with van der Waals surface area (Å²) in [6.45, 7) is 5.67. The molecule has 0 saturated carbocycles. The van der Waals surface area contributed by atoms with Crippen LogP contribution >= 0.6 is 0 Å². The highest BCUT2D eigenvalue weighted by Crippen LogP contribution is 2.19. The summed E-state index contributed by atoms with van der Waals surface area (Å²) in [5.74, 6) is 0.100. The van der Waals surface area contributed by atoms with Crippen molar-refractivity contribution < 1.29 is 14.3 Å². The fraction of sp³-hybridized carbons (Fsp3) is 0.200. The highest BCUT2D eigenvalue weighted by Gasteiger charge is 2.16. The van der Waals surface area contributed by atoms with Crippen LogP contribution in [-0.4, -0.2) is 17.9 Å². The quantitative estimate of drug-likeness (QED) is 0.570. The highest BCUT2D eigenvalue weighted by atomic mass is 16.5. The van der Waals surface area contributed by atoms with E-state index in [9.17, 15) is 9.59 Å². The fourth-order valence-corrected chi connectivity index (χ4v) is 3.04. The van der Waals surface area contributed by atoms with Crippen molar-refractivity contribution in [1.82, 2.24) is 0 Å². The number of para-hydroxylation sites is 2. The first-order valence-corrected chi connectivity index (χ1v) is 10.0. The first-order valence-electron chi connectivity index (χ1n) is 10.0. The molecule has 0 aromatic heterocycles. The van der Waals surface area contributed by atoms with Crippen molar-refractivity contribution in [3.05, 3.63) is 89.5 Å². The summed E-state index contributed by atoms with van der Waals surface area (Å²) >= 11 is 0. The van der Waals surface area contributed by atoms with Gasteiger partial charge in [-0.2, -0.15) is 0 Å². The largest absolute Gasteiger partial charge is 0.481 e. The van der Waals surface area contributed by atoms with Crippen molar-refractivity contribution in [2.75, 3.05) is 10.6 Å². The lowest BCUT2D eigenvalue weighted by atomic mass is 10.1. The molecular weight excluding hydrogens is 376 g/mol. The van der Waals surface area contributed by atoms with Gasteiger partial charge in [-0.25, -0.2) is 0 Å². The molecule has 0 spiro atoms. The molecule has 2 N–H and O–H groups in total. The van der Waals surface area contributed by atoms with E-state index in [-0.39, 0.29) is 11.8 Å². The van der Waals surface area contributed by atoms with Gasteiger partial charge in [0.05, 0.1) is 0 Å². The Kier molecular flexibility index (Phi) is 6.86. The molecule has 5 heteroatoms. The van der Waals surface area contributed by atoms with Gasteiger partial charge in [-0.05, 0) is 67.8 Å². The Hall–Kier alpha value is -3.60. The molecule has 0 aliphatic heterocycles. The molecule has 0 radical (unpaired) electrons. The van der Waals surface area contributed by atoms with Crippen LogP contribution in [0.2, 0.25) is 0 Å². The summed E-state index contributed by atoms with van der Waals surface area (Å²) in [4.78, 5) is 25.0. The SMILES string of the molecule is CCc1ccccc1NC(=O)c1ccc(OC(C)C(=O)Nc2ccccc2C)cc1. The molecule has 1 unspecified atom stereocenters. The monoisotopic (exact) mass is 402 g/mol. The van der Waals surface area contributed by atoms with Crippen LogP contribution in [0, 0.1) is 6.92 Å². The van der Waals surface area contributed by atoms with E-state index in [1.165, 1.54) is 0 Å². The lowest BCUT2D eigenvalue weighted by Gasteiger charge is -2.16. The zero-order valence-electron chi connectivity index (χ0n) is 17.4. The Morgan fingerprint density at radius 3 is 2.17 bits per heavy atom. The molecule has 154 valence electrons. The predicted octanol–water partition coefficient (Wildman–Crippen LogP) is 5.22. The van der Waals surface area contributed by atoms with Crippen LogP contribution in [0.25, 0.3) is 0 Å². The van der Waals surface area contributed by atoms with Crippen molar-refractivity contribution in [3.8, 4) is 5.75 Å². The third kappa shape index (κ3) is 5.26. The molecule has 1 atom stereocenters. The number of ether oxygens (including phenoxy) is 1. The maximum absolute atomic E-state index is 12.5. The first kappa shape index (κ1) is 21.1. The van der Waals surface area contributed by atoms with E-state index in [1.807, 2.05) is 62.4 Å². The van der Waals surface area contributed by atoms with Crippen LogP contribution in [0.5, 0.6) is 5.75 Å². The molecular formula is C25H26N2O3. The number of amides is 2. The minimum Gasteiger partial charge on any atom is -0.481 e. The molecule has 0 bridgehead atoms. The highest BCUT2D eigenvalue weighted by molar-refractivity contribution is 6.04. The number of carbonyl (C=O) groups excluding carboxylic acids is 2. The van der Waals surface area contributed by atoms with Crippen molar-refractivity contribution in [2.45, 2.75) is 33.3 Å². The average molecular weight is 402 g/mol. The van der Waals surface area contributed by atoms with E-state index in [1.54, 1.807) is 31.2 Å². The van der Waals surface area contributed by atoms with Crippen LogP contribution in [-0.2, 0) is 11.2 Å². The maximum Gasteiger partial charge on any atom is 0.265 e. The van der Waals surface area contributed by atoms with E-state index >= 15 is 0 Å². The predicted molar refractivity (Wildman–Crippen MR) is 120 cm³/mol. The number of hydrogen-bond donors (Lipinski definition) is 2. The van der Waals surface area contributed by atoms with Gasteiger partial charge in [0.1, 0.15) is 5.75 Å². The van der Waals surface area contributed by atoms with E-state index in [4.69, 9.17) is 4.74 Å². The van der Waals surface area contributed by atoms with Gasteiger partial charge in [-0.1, -0.05) is 43.3 Å². The van der Waals surface area contributed by atoms with Crippen LogP contribution in [0.1, 0.15) is 35.3 Å². The average Bonchev–Trinajstić information content (AvgIpc) is 2.76. The molecule has 0 aliphatic rings. The first-order chi connectivity index (χ1) is 14.5. The van der Waals surface area contributed by atoms with E-state index in [2.05, 4.69) is 10.6 Å². The molecule has 0 aliphatic carbocycles. The van der Waals surface area contributed by atoms with Gasteiger partial charge in [-0.15, -0.1) is 0 Å². The van der Waals surface area contributed by atoms with Gasteiger partial charge < -0.3 is 15.4 Å². The second kappa shape index (κ2) is 9.74. The summed E-state index contributed by atoms with van der Waals surface area (Å²) in [5.41, 5.74) is 4.16. The number of nitrogens with one attached hydrogen (secondary N) is 2. The Bertz CT molecular complexity index is 1030. The van der Waals surface area contributed by atoms with Gasteiger partial charge in [0.15, 0.2) is 6.10 Å². The lowest BCUT2D eigenvalue weighted by molar-refractivity contribution is -0.122. The van der Waals surface area contributed by atoms with Gasteiger partial charge >= 0.3 is 0 Å². The number of anilines is 2. The van der Waals surface area contributed by atoms with E-state index in [0.717, 1.165) is 28.9 Å².